The van der Waals surface area contributed by atoms with Crippen LogP contribution in [0.15, 0.2) is 35.5 Å². The van der Waals surface area contributed by atoms with Crippen molar-refractivity contribution in [2.45, 2.75) is 0 Å². The molecule has 3 rings (SSSR count). The summed E-state index contributed by atoms with van der Waals surface area (Å²) in [7, 11) is 1.91. The Labute approximate surface area is 120 Å². The molecule has 8 heteroatoms. The Morgan fingerprint density at radius 2 is 2.29 bits per heavy atom. The van der Waals surface area contributed by atoms with Crippen molar-refractivity contribution in [3.05, 3.63) is 41.1 Å². The third-order valence-corrected chi connectivity index (χ3v) is 2.98. The van der Waals surface area contributed by atoms with Crippen molar-refractivity contribution in [2.75, 3.05) is 23.9 Å². The number of rotatable bonds is 6. The van der Waals surface area contributed by atoms with Crippen LogP contribution in [0, 0.1) is 0 Å². The number of anilines is 2. The van der Waals surface area contributed by atoms with Gasteiger partial charge in [-0.2, -0.15) is 0 Å². The second-order valence-electron chi connectivity index (χ2n) is 4.64. The van der Waals surface area contributed by atoms with Crippen LogP contribution in [-0.2, 0) is 11.9 Å². The average Bonchev–Trinajstić information content (AvgIpc) is 3.05. The molecule has 2 aromatic heterocycles. The topological polar surface area (TPSA) is 99.8 Å². The van der Waals surface area contributed by atoms with Crippen LogP contribution < -0.4 is 16.4 Å². The lowest BCUT2D eigenvalue weighted by atomic mass is 10.2. The van der Waals surface area contributed by atoms with Crippen molar-refractivity contribution in [2.24, 2.45) is 7.05 Å². The summed E-state index contributed by atoms with van der Waals surface area (Å²) in [5.74, 6) is 0.812. The number of aryl methyl sites for hydroxylation is 1. The smallest absolute Gasteiger partial charge is 0.271 e. The monoisotopic (exact) mass is 288 g/mol. The van der Waals surface area contributed by atoms with Crippen LogP contribution in [0.1, 0.15) is 0 Å². The molecule has 3 aromatic rings. The van der Waals surface area contributed by atoms with Crippen molar-refractivity contribution < 1.29 is 4.84 Å². The van der Waals surface area contributed by atoms with Gasteiger partial charge in [-0.3, -0.25) is 25.3 Å². The maximum absolute atomic E-state index is 11.4. The second kappa shape index (κ2) is 5.71. The zero-order valence-corrected chi connectivity index (χ0v) is 11.5. The van der Waals surface area contributed by atoms with Crippen LogP contribution in [0.5, 0.6) is 0 Å². The minimum Gasteiger partial charge on any atom is -0.366 e. The highest BCUT2D eigenvalue weighted by Crippen LogP contribution is 2.13. The van der Waals surface area contributed by atoms with E-state index < -0.39 is 0 Å². The number of imidazole rings is 1. The molecule has 0 aliphatic heterocycles. The number of aromatic nitrogens is 4. The molecule has 2 heterocycles. The predicted molar refractivity (Wildman–Crippen MR) is 80.2 cm³/mol. The second-order valence-corrected chi connectivity index (χ2v) is 4.64. The molecular weight excluding hydrogens is 272 g/mol. The van der Waals surface area contributed by atoms with E-state index in [4.69, 9.17) is 4.84 Å². The van der Waals surface area contributed by atoms with E-state index in [1.54, 1.807) is 24.5 Å². The summed E-state index contributed by atoms with van der Waals surface area (Å²) in [6, 6.07) is 5.33. The first-order valence-corrected chi connectivity index (χ1v) is 6.52. The molecule has 0 unspecified atom stereocenters. The fourth-order valence-corrected chi connectivity index (χ4v) is 1.97. The van der Waals surface area contributed by atoms with Gasteiger partial charge in [-0.1, -0.05) is 0 Å². The van der Waals surface area contributed by atoms with Crippen molar-refractivity contribution in [1.82, 2.24) is 19.7 Å². The van der Waals surface area contributed by atoms with E-state index in [0.717, 1.165) is 17.0 Å². The SMILES string of the molecule is Cn1cnc(NCCONc2ccc3c(=O)[nH][nH]c3c2)c1. The number of aromatic amines is 2. The minimum absolute atomic E-state index is 0.128. The Kier molecular flexibility index (Phi) is 3.61. The highest BCUT2D eigenvalue weighted by Gasteiger charge is 2.01. The van der Waals surface area contributed by atoms with Crippen LogP contribution in [0.2, 0.25) is 0 Å². The standard InChI is InChI=1S/C13H16N6O2/c1-19-7-12(15-8-19)14-4-5-21-18-9-2-3-10-11(6-9)16-17-13(10)20/h2-3,6-8,14,18H,4-5H2,1H3,(H2,16,17,20). The van der Waals surface area contributed by atoms with Crippen molar-refractivity contribution >= 4 is 22.4 Å². The van der Waals surface area contributed by atoms with Crippen LogP contribution in [0.3, 0.4) is 0 Å². The lowest BCUT2D eigenvalue weighted by molar-refractivity contribution is 0.205. The van der Waals surface area contributed by atoms with Gasteiger partial charge in [0.15, 0.2) is 0 Å². The molecule has 0 saturated heterocycles. The van der Waals surface area contributed by atoms with Gasteiger partial charge in [-0.25, -0.2) is 4.98 Å². The Morgan fingerprint density at radius 3 is 3.10 bits per heavy atom. The third-order valence-electron chi connectivity index (χ3n) is 2.98. The van der Waals surface area contributed by atoms with Gasteiger partial charge < -0.3 is 9.88 Å². The van der Waals surface area contributed by atoms with Gasteiger partial charge in [-0.05, 0) is 18.2 Å². The molecule has 0 saturated carbocycles. The maximum Gasteiger partial charge on any atom is 0.271 e. The molecule has 0 fully saturated rings. The normalized spacial score (nSPS) is 10.9. The van der Waals surface area contributed by atoms with Crippen LogP contribution in [-0.4, -0.2) is 32.9 Å². The summed E-state index contributed by atoms with van der Waals surface area (Å²) < 4.78 is 1.87. The molecule has 0 radical (unpaired) electrons. The van der Waals surface area contributed by atoms with Gasteiger partial charge in [0.2, 0.25) is 0 Å². The average molecular weight is 288 g/mol. The number of fused-ring (bicyclic) bond motifs is 1. The van der Waals surface area contributed by atoms with Gasteiger partial charge in [-0.15, -0.1) is 0 Å². The summed E-state index contributed by atoms with van der Waals surface area (Å²) in [6.07, 6.45) is 3.62. The summed E-state index contributed by atoms with van der Waals surface area (Å²) in [4.78, 5) is 20.9. The predicted octanol–water partition coefficient (Wildman–Crippen LogP) is 1.05. The lowest BCUT2D eigenvalue weighted by Gasteiger charge is -2.07. The van der Waals surface area contributed by atoms with Crippen molar-refractivity contribution in [1.29, 1.82) is 0 Å². The van der Waals surface area contributed by atoms with Gasteiger partial charge in [0.1, 0.15) is 5.82 Å². The van der Waals surface area contributed by atoms with E-state index in [1.807, 2.05) is 17.8 Å². The molecule has 0 bridgehead atoms. The first-order valence-electron chi connectivity index (χ1n) is 6.52. The Balaban J connectivity index is 1.47. The van der Waals surface area contributed by atoms with Crippen molar-refractivity contribution in [3.63, 3.8) is 0 Å². The van der Waals surface area contributed by atoms with E-state index in [9.17, 15) is 4.79 Å². The quantitative estimate of drug-likeness (QED) is 0.401. The number of hydrogen-bond acceptors (Lipinski definition) is 5. The summed E-state index contributed by atoms with van der Waals surface area (Å²) in [5, 5.41) is 9.09. The zero-order valence-electron chi connectivity index (χ0n) is 11.5. The Hall–Kier alpha value is -2.74. The lowest BCUT2D eigenvalue weighted by Crippen LogP contribution is -2.12. The van der Waals surface area contributed by atoms with Gasteiger partial charge in [0, 0.05) is 19.8 Å². The van der Waals surface area contributed by atoms with Crippen LogP contribution >= 0.6 is 0 Å². The number of hydrogen-bond donors (Lipinski definition) is 4. The first kappa shape index (κ1) is 13.3. The number of H-pyrrole nitrogens is 2. The summed E-state index contributed by atoms with van der Waals surface area (Å²) in [6.45, 7) is 1.10. The molecule has 0 aliphatic carbocycles. The number of benzene rings is 1. The van der Waals surface area contributed by atoms with E-state index >= 15 is 0 Å². The Bertz CT molecular complexity index is 787. The summed E-state index contributed by atoms with van der Waals surface area (Å²) >= 11 is 0. The molecule has 8 nitrogen and oxygen atoms in total. The third kappa shape index (κ3) is 3.06. The molecule has 0 atom stereocenters. The largest absolute Gasteiger partial charge is 0.366 e. The van der Waals surface area contributed by atoms with E-state index in [-0.39, 0.29) is 5.56 Å². The fourth-order valence-electron chi connectivity index (χ4n) is 1.97. The van der Waals surface area contributed by atoms with Crippen molar-refractivity contribution in [3.8, 4) is 0 Å². The highest BCUT2D eigenvalue weighted by atomic mass is 16.6. The molecule has 0 aliphatic rings. The van der Waals surface area contributed by atoms with E-state index in [2.05, 4.69) is 26.0 Å². The van der Waals surface area contributed by atoms with E-state index in [1.165, 1.54) is 0 Å². The fraction of sp³-hybridized carbons (Fsp3) is 0.231. The number of nitrogens with one attached hydrogen (secondary N) is 4. The molecule has 1 aromatic carbocycles. The van der Waals surface area contributed by atoms with Gasteiger partial charge in [0.05, 0.1) is 29.5 Å². The Morgan fingerprint density at radius 1 is 1.38 bits per heavy atom. The highest BCUT2D eigenvalue weighted by molar-refractivity contribution is 5.81. The van der Waals surface area contributed by atoms with Crippen LogP contribution in [0.4, 0.5) is 11.5 Å². The summed E-state index contributed by atoms with van der Waals surface area (Å²) in [5.41, 5.74) is 4.22. The van der Waals surface area contributed by atoms with Crippen LogP contribution in [0.25, 0.3) is 10.9 Å². The molecule has 4 N–H and O–H groups in total. The molecule has 0 amide bonds. The minimum atomic E-state index is -0.128. The van der Waals surface area contributed by atoms with E-state index in [0.29, 0.717) is 18.5 Å². The molecule has 110 valence electrons. The molecule has 0 spiro atoms. The first-order chi connectivity index (χ1) is 10.2. The number of nitrogens with zero attached hydrogens (tertiary/aromatic N) is 2. The molecule has 21 heavy (non-hydrogen) atoms. The maximum atomic E-state index is 11.4. The zero-order chi connectivity index (χ0) is 14.7. The van der Waals surface area contributed by atoms with Gasteiger partial charge in [0.25, 0.3) is 5.56 Å². The molecular formula is C13H16N6O2. The van der Waals surface area contributed by atoms with Gasteiger partial charge >= 0.3 is 0 Å².